The topological polar surface area (TPSA) is 80.9 Å². The second-order valence-electron chi connectivity index (χ2n) is 5.92. The van der Waals surface area contributed by atoms with Crippen LogP contribution in [-0.4, -0.2) is 50.6 Å². The van der Waals surface area contributed by atoms with Crippen LogP contribution in [0.2, 0.25) is 0 Å². The molecule has 144 valence electrons. The van der Waals surface area contributed by atoms with Crippen molar-refractivity contribution in [3.8, 4) is 0 Å². The number of nitrogens with one attached hydrogen (secondary N) is 2. The predicted octanol–water partition coefficient (Wildman–Crippen LogP) is 2.35. The van der Waals surface area contributed by atoms with Crippen molar-refractivity contribution >= 4 is 29.9 Å². The highest BCUT2D eigenvalue weighted by Crippen LogP contribution is 2.12. The maximum Gasteiger partial charge on any atom is 0.191 e. The van der Waals surface area contributed by atoms with Gasteiger partial charge in [0.1, 0.15) is 6.54 Å². The van der Waals surface area contributed by atoms with Crippen molar-refractivity contribution < 1.29 is 14.0 Å². The van der Waals surface area contributed by atoms with Crippen LogP contribution in [-0.2, 0) is 22.4 Å². The zero-order valence-electron chi connectivity index (χ0n) is 15.3. The molecule has 1 aliphatic rings. The van der Waals surface area contributed by atoms with Crippen LogP contribution in [0.25, 0.3) is 0 Å². The largest absolute Gasteiger partial charge is 0.381 e. The first-order valence-corrected chi connectivity index (χ1v) is 8.94. The number of aromatic nitrogens is 1. The molecule has 7 nitrogen and oxygen atoms in total. The molecule has 0 amide bonds. The molecule has 0 aromatic carbocycles. The minimum absolute atomic E-state index is 0. The van der Waals surface area contributed by atoms with Gasteiger partial charge in [0, 0.05) is 38.3 Å². The normalized spacial score (nSPS) is 17.4. The summed E-state index contributed by atoms with van der Waals surface area (Å²) in [6.45, 7) is 9.51. The number of guanidine groups is 1. The Bertz CT molecular complexity index is 490. The summed E-state index contributed by atoms with van der Waals surface area (Å²) in [6.07, 6.45) is 2.94. The summed E-state index contributed by atoms with van der Waals surface area (Å²) in [5.41, 5.74) is 0.961. The standard InChI is InChI=1S/C17H30N4O3.HI/c1-3-15-10-16(24-21-15)11-20-17(18-4-2)19-7-5-8-22-12-14-6-9-23-13-14;/h10,14H,3-9,11-13H2,1-2H3,(H2,18,19,20);1H. The Morgan fingerprint density at radius 3 is 2.96 bits per heavy atom. The lowest BCUT2D eigenvalue weighted by Gasteiger charge is -2.12. The molecule has 1 atom stereocenters. The summed E-state index contributed by atoms with van der Waals surface area (Å²) in [5, 5.41) is 10.5. The second kappa shape index (κ2) is 13.3. The summed E-state index contributed by atoms with van der Waals surface area (Å²) in [5.74, 6) is 2.15. The third-order valence-corrected chi connectivity index (χ3v) is 3.84. The SMILES string of the molecule is CCNC(=NCc1cc(CC)no1)NCCCOCC1CCOC1.I. The molecule has 2 heterocycles. The summed E-state index contributed by atoms with van der Waals surface area (Å²) in [4.78, 5) is 4.52. The maximum atomic E-state index is 5.70. The zero-order valence-corrected chi connectivity index (χ0v) is 17.6. The van der Waals surface area contributed by atoms with Crippen LogP contribution in [0.15, 0.2) is 15.6 Å². The first kappa shape index (κ1) is 22.2. The molecule has 1 fully saturated rings. The zero-order chi connectivity index (χ0) is 17.0. The van der Waals surface area contributed by atoms with Gasteiger partial charge in [0.25, 0.3) is 0 Å². The number of hydrogen-bond donors (Lipinski definition) is 2. The van der Waals surface area contributed by atoms with Crippen LogP contribution in [0.3, 0.4) is 0 Å². The van der Waals surface area contributed by atoms with Gasteiger partial charge in [-0.3, -0.25) is 0 Å². The summed E-state index contributed by atoms with van der Waals surface area (Å²) in [7, 11) is 0. The molecule has 0 spiro atoms. The molecule has 2 rings (SSSR count). The molecule has 0 radical (unpaired) electrons. The van der Waals surface area contributed by atoms with Crippen molar-refractivity contribution in [2.45, 2.75) is 39.7 Å². The van der Waals surface area contributed by atoms with Crippen LogP contribution in [0, 0.1) is 5.92 Å². The van der Waals surface area contributed by atoms with E-state index >= 15 is 0 Å². The van der Waals surface area contributed by atoms with E-state index in [2.05, 4.69) is 27.7 Å². The monoisotopic (exact) mass is 466 g/mol. The first-order chi connectivity index (χ1) is 11.8. The van der Waals surface area contributed by atoms with Crippen LogP contribution >= 0.6 is 24.0 Å². The van der Waals surface area contributed by atoms with Gasteiger partial charge in [0.05, 0.1) is 18.9 Å². The molecule has 0 saturated carbocycles. The van der Waals surface area contributed by atoms with Gasteiger partial charge in [0.15, 0.2) is 11.7 Å². The lowest BCUT2D eigenvalue weighted by atomic mass is 10.1. The lowest BCUT2D eigenvalue weighted by molar-refractivity contribution is 0.0888. The quantitative estimate of drug-likeness (QED) is 0.239. The molecule has 1 aliphatic heterocycles. The Balaban J connectivity index is 0.00000312. The van der Waals surface area contributed by atoms with Gasteiger partial charge in [-0.15, -0.1) is 24.0 Å². The van der Waals surface area contributed by atoms with Gasteiger partial charge >= 0.3 is 0 Å². The van der Waals surface area contributed by atoms with E-state index in [-0.39, 0.29) is 24.0 Å². The fourth-order valence-corrected chi connectivity index (χ4v) is 2.44. The Labute approximate surface area is 167 Å². The molecule has 25 heavy (non-hydrogen) atoms. The average Bonchev–Trinajstić information content (AvgIpc) is 3.27. The third kappa shape index (κ3) is 8.87. The van der Waals surface area contributed by atoms with Gasteiger partial charge in [0.2, 0.25) is 0 Å². The summed E-state index contributed by atoms with van der Waals surface area (Å²) in [6, 6.07) is 1.95. The minimum atomic E-state index is 0. The Morgan fingerprint density at radius 2 is 2.28 bits per heavy atom. The highest BCUT2D eigenvalue weighted by Gasteiger charge is 2.15. The molecular weight excluding hydrogens is 435 g/mol. The van der Waals surface area contributed by atoms with Crippen molar-refractivity contribution in [1.82, 2.24) is 15.8 Å². The van der Waals surface area contributed by atoms with E-state index in [0.717, 1.165) is 76.2 Å². The van der Waals surface area contributed by atoms with Crippen molar-refractivity contribution in [3.63, 3.8) is 0 Å². The molecule has 1 aromatic rings. The smallest absolute Gasteiger partial charge is 0.191 e. The number of aliphatic imine (C=N–C) groups is 1. The van der Waals surface area contributed by atoms with Gasteiger partial charge in [-0.2, -0.15) is 0 Å². The van der Waals surface area contributed by atoms with E-state index in [9.17, 15) is 0 Å². The summed E-state index contributed by atoms with van der Waals surface area (Å²) < 4.78 is 16.3. The Kier molecular flexibility index (Phi) is 11.8. The van der Waals surface area contributed by atoms with Crippen molar-refractivity contribution in [3.05, 3.63) is 17.5 Å². The summed E-state index contributed by atoms with van der Waals surface area (Å²) >= 11 is 0. The fraction of sp³-hybridized carbons (Fsp3) is 0.765. The minimum Gasteiger partial charge on any atom is -0.381 e. The van der Waals surface area contributed by atoms with Gasteiger partial charge in [-0.05, 0) is 26.2 Å². The van der Waals surface area contributed by atoms with Crippen molar-refractivity contribution in [1.29, 1.82) is 0 Å². The molecule has 1 saturated heterocycles. The van der Waals surface area contributed by atoms with Crippen LogP contribution < -0.4 is 10.6 Å². The van der Waals surface area contributed by atoms with Crippen LogP contribution in [0.1, 0.15) is 38.1 Å². The number of hydrogen-bond acceptors (Lipinski definition) is 5. The molecule has 2 N–H and O–H groups in total. The molecule has 8 heteroatoms. The highest BCUT2D eigenvalue weighted by atomic mass is 127. The van der Waals surface area contributed by atoms with Gasteiger partial charge < -0.3 is 24.6 Å². The van der Waals surface area contributed by atoms with Crippen molar-refractivity contribution in [2.75, 3.05) is 39.5 Å². The van der Waals surface area contributed by atoms with E-state index in [1.807, 2.05) is 13.0 Å². The van der Waals surface area contributed by atoms with E-state index in [4.69, 9.17) is 14.0 Å². The molecule has 0 bridgehead atoms. The fourth-order valence-electron chi connectivity index (χ4n) is 2.44. The van der Waals surface area contributed by atoms with Crippen LogP contribution in [0.5, 0.6) is 0 Å². The van der Waals surface area contributed by atoms with E-state index in [0.29, 0.717) is 12.5 Å². The van der Waals surface area contributed by atoms with E-state index in [1.165, 1.54) is 0 Å². The maximum absolute atomic E-state index is 5.70. The van der Waals surface area contributed by atoms with Gasteiger partial charge in [-0.25, -0.2) is 4.99 Å². The Morgan fingerprint density at radius 1 is 1.40 bits per heavy atom. The second-order valence-corrected chi connectivity index (χ2v) is 5.92. The van der Waals surface area contributed by atoms with Crippen molar-refractivity contribution in [2.24, 2.45) is 10.9 Å². The molecular formula is C17H31IN4O3. The number of rotatable bonds is 10. The molecule has 0 aliphatic carbocycles. The number of ether oxygens (including phenoxy) is 2. The van der Waals surface area contributed by atoms with E-state index < -0.39 is 0 Å². The molecule has 1 unspecified atom stereocenters. The van der Waals surface area contributed by atoms with E-state index in [1.54, 1.807) is 0 Å². The number of aryl methyl sites for hydroxylation is 1. The highest BCUT2D eigenvalue weighted by molar-refractivity contribution is 14.0. The lowest BCUT2D eigenvalue weighted by Crippen LogP contribution is -2.38. The Hall–Kier alpha value is -0.870. The number of nitrogens with zero attached hydrogens (tertiary/aromatic N) is 2. The third-order valence-electron chi connectivity index (χ3n) is 3.84. The molecule has 1 aromatic heterocycles. The van der Waals surface area contributed by atoms with Gasteiger partial charge in [-0.1, -0.05) is 12.1 Å². The average molecular weight is 466 g/mol. The number of halogens is 1. The predicted molar refractivity (Wildman–Crippen MR) is 108 cm³/mol. The van der Waals surface area contributed by atoms with Crippen LogP contribution in [0.4, 0.5) is 0 Å². The first-order valence-electron chi connectivity index (χ1n) is 8.94.